The lowest BCUT2D eigenvalue weighted by Crippen LogP contribution is -2.65. The minimum Gasteiger partial charge on any atom is -0.343 e. The number of aryl methyl sites for hydroxylation is 1. The van der Waals surface area contributed by atoms with Crippen LogP contribution in [0, 0.1) is 23.7 Å². The fourth-order valence-corrected chi connectivity index (χ4v) is 16.1. The van der Waals surface area contributed by atoms with Crippen LogP contribution in [0.25, 0.3) is 0 Å². The van der Waals surface area contributed by atoms with Gasteiger partial charge in [0.1, 0.15) is 47.8 Å². The molecular weight excluding hydrogens is 1380 g/mol. The predicted molar refractivity (Wildman–Crippen MR) is 391 cm³/mol. The van der Waals surface area contributed by atoms with Crippen LogP contribution >= 0.6 is 11.6 Å². The van der Waals surface area contributed by atoms with E-state index >= 15 is 28.8 Å². The van der Waals surface area contributed by atoms with Crippen molar-refractivity contribution in [2.75, 3.05) is 89.1 Å². The number of rotatable bonds is 13. The molecule has 2 heterocycles. The topological polar surface area (TPSA) is 270 Å². The van der Waals surface area contributed by atoms with Crippen molar-refractivity contribution in [3.05, 3.63) is 70.2 Å². The number of hydrogen-bond donors (Lipinski definition) is 3. The molecule has 24 nitrogen and oxygen atoms in total. The molecule has 5 aliphatic rings. The number of likely N-dealkylation sites (tertiary alicyclic amines) is 1. The third-order valence-corrected chi connectivity index (χ3v) is 23.0. The highest BCUT2D eigenvalue weighted by Crippen LogP contribution is 2.39. The van der Waals surface area contributed by atoms with Crippen molar-refractivity contribution in [3.63, 3.8) is 0 Å². The molecule has 8 atom stereocenters. The summed E-state index contributed by atoms with van der Waals surface area (Å²) in [4.78, 5) is 192. The molecule has 3 saturated carbocycles. The molecule has 1 spiro atoms. The van der Waals surface area contributed by atoms with Crippen molar-refractivity contribution in [2.24, 2.45) is 23.7 Å². The number of benzene rings is 2. The Balaban J connectivity index is 1.33. The van der Waals surface area contributed by atoms with E-state index in [0.29, 0.717) is 63.6 Å². The second-order valence-electron chi connectivity index (χ2n) is 30.8. The summed E-state index contributed by atoms with van der Waals surface area (Å²) in [5, 5.41) is 8.20. The molecule has 0 unspecified atom stereocenters. The summed E-state index contributed by atoms with van der Waals surface area (Å²) in [7, 11) is 11.3. The van der Waals surface area contributed by atoms with Gasteiger partial charge in [-0.1, -0.05) is 140 Å². The lowest BCUT2D eigenvalue weighted by atomic mass is 9.84. The van der Waals surface area contributed by atoms with Crippen molar-refractivity contribution < 1.29 is 70.7 Å². The zero-order chi connectivity index (χ0) is 77.4. The largest absolute Gasteiger partial charge is 0.417 e. The number of likely N-dealkylation sites (N-methyl/N-ethyl adjacent to an activating group) is 8. The van der Waals surface area contributed by atoms with E-state index in [0.717, 1.165) is 83.1 Å². The van der Waals surface area contributed by atoms with Gasteiger partial charge >= 0.3 is 6.18 Å². The average Bonchev–Trinajstić information content (AvgIpc) is 1.75. The molecule has 3 N–H and O–H groups in total. The normalized spacial score (nSPS) is 25.6. The monoisotopic (exact) mass is 1490 g/mol. The SMILES string of the molecule is CC[C@H](C)[C@@H]1NC(=O)[C@H](CC(C)C)N(C)C(=O)C[C@@H](C(=O)N2CCCCC2)N(C)C(=O)[C@H](C2CCCC2)N(C)C(=O)C2(CCCC2)NC(=O)[C@@H](Cc2ccccc2)N(C)C(=O)[C@H](CCc2ccc(C(F)(F)F)c(Cl)c2)NC(=O)CN(C)C(=O)[C@H](CC2CCCCC2)N(C)C(=O)CN(C)C(=O)CN(C)C1=O. The molecule has 2 aromatic rings. The molecule has 2 saturated heterocycles. The summed E-state index contributed by atoms with van der Waals surface area (Å²) in [6.07, 6.45) is 5.15. The number of nitrogens with zero attached hydrogens (tertiary/aromatic N) is 9. The molecule has 5 fully saturated rings. The molecule has 2 aromatic carbocycles. The van der Waals surface area contributed by atoms with Crippen LogP contribution in [-0.2, 0) is 76.6 Å². The number of halogens is 4. The van der Waals surface area contributed by atoms with E-state index < -0.39 is 173 Å². The van der Waals surface area contributed by atoms with E-state index in [2.05, 4.69) is 16.0 Å². The number of amides is 12. The summed E-state index contributed by atoms with van der Waals surface area (Å²) in [5.74, 6) is -9.11. The van der Waals surface area contributed by atoms with Gasteiger partial charge in [-0.3, -0.25) is 57.5 Å². The van der Waals surface area contributed by atoms with E-state index in [-0.39, 0.29) is 62.3 Å². The summed E-state index contributed by atoms with van der Waals surface area (Å²) in [5.41, 5.74) is -1.85. The number of hydrogen-bond acceptors (Lipinski definition) is 12. The molecule has 582 valence electrons. The molecule has 0 aromatic heterocycles. The second-order valence-corrected chi connectivity index (χ2v) is 31.2. The third-order valence-electron chi connectivity index (χ3n) is 22.7. The molecule has 7 rings (SSSR count). The van der Waals surface area contributed by atoms with Gasteiger partial charge in [0.25, 0.3) is 0 Å². The molecule has 3 aliphatic carbocycles. The molecule has 0 bridgehead atoms. The van der Waals surface area contributed by atoms with E-state index in [1.165, 1.54) is 82.0 Å². The summed E-state index contributed by atoms with van der Waals surface area (Å²) in [6, 6.07) is 2.81. The highest BCUT2D eigenvalue weighted by Gasteiger charge is 2.51. The van der Waals surface area contributed by atoms with Crippen LogP contribution in [0.4, 0.5) is 13.2 Å². The Morgan fingerprint density at radius 1 is 0.590 bits per heavy atom. The predicted octanol–water partition coefficient (Wildman–Crippen LogP) is 7.11. The van der Waals surface area contributed by atoms with Gasteiger partial charge in [0.05, 0.1) is 36.6 Å². The van der Waals surface area contributed by atoms with Crippen molar-refractivity contribution in [3.8, 4) is 0 Å². The van der Waals surface area contributed by atoms with Gasteiger partial charge in [0, 0.05) is 75.9 Å². The van der Waals surface area contributed by atoms with Gasteiger partial charge in [-0.05, 0) is 118 Å². The van der Waals surface area contributed by atoms with Crippen LogP contribution in [-0.4, -0.2) is 252 Å². The first kappa shape index (κ1) is 84.4. The first-order valence-electron chi connectivity index (χ1n) is 37.7. The van der Waals surface area contributed by atoms with Gasteiger partial charge in [-0.15, -0.1) is 0 Å². The van der Waals surface area contributed by atoms with Crippen molar-refractivity contribution in [1.82, 2.24) is 60.0 Å². The van der Waals surface area contributed by atoms with Crippen molar-refractivity contribution in [1.29, 1.82) is 0 Å². The Morgan fingerprint density at radius 2 is 1.18 bits per heavy atom. The van der Waals surface area contributed by atoms with Crippen LogP contribution in [0.1, 0.15) is 179 Å². The number of alkyl halides is 3. The molecule has 0 radical (unpaired) electrons. The lowest BCUT2D eigenvalue weighted by Gasteiger charge is -2.42. The van der Waals surface area contributed by atoms with E-state index in [1.54, 1.807) is 42.2 Å². The van der Waals surface area contributed by atoms with Crippen LogP contribution in [0.3, 0.4) is 0 Å². The Hall–Kier alpha value is -7.84. The van der Waals surface area contributed by atoms with Gasteiger partial charge in [-0.25, -0.2) is 0 Å². The number of nitrogens with one attached hydrogen (secondary N) is 3. The number of carbonyl (C=O) groups is 12. The van der Waals surface area contributed by atoms with Crippen molar-refractivity contribution >= 4 is 82.5 Å². The fourth-order valence-electron chi connectivity index (χ4n) is 15.8. The zero-order valence-electron chi connectivity index (χ0n) is 63.7. The zero-order valence-corrected chi connectivity index (χ0v) is 64.5. The van der Waals surface area contributed by atoms with Crippen LogP contribution in [0.15, 0.2) is 48.5 Å². The lowest BCUT2D eigenvalue weighted by molar-refractivity contribution is -0.156. The van der Waals surface area contributed by atoms with Gasteiger partial charge in [-0.2, -0.15) is 13.2 Å². The van der Waals surface area contributed by atoms with Crippen molar-refractivity contribution in [2.45, 2.75) is 229 Å². The number of piperidine rings is 1. The quantitative estimate of drug-likeness (QED) is 0.181. The Morgan fingerprint density at radius 3 is 1.78 bits per heavy atom. The first-order valence-corrected chi connectivity index (χ1v) is 38.1. The van der Waals surface area contributed by atoms with E-state index in [1.807, 2.05) is 20.8 Å². The Kier molecular flexibility index (Phi) is 30.6. The molecule has 12 amide bonds. The Bertz CT molecular complexity index is 3400. The van der Waals surface area contributed by atoms with Crippen LogP contribution in [0.2, 0.25) is 5.02 Å². The highest BCUT2D eigenvalue weighted by molar-refractivity contribution is 6.31. The minimum absolute atomic E-state index is 0.00257. The summed E-state index contributed by atoms with van der Waals surface area (Å²) in [6.45, 7) is 6.34. The summed E-state index contributed by atoms with van der Waals surface area (Å²) >= 11 is 6.20. The van der Waals surface area contributed by atoms with Gasteiger partial charge in [0.15, 0.2) is 0 Å². The van der Waals surface area contributed by atoms with E-state index in [9.17, 15) is 41.9 Å². The number of carbonyl (C=O) groups excluding carboxylic acids is 12. The molecule has 28 heteroatoms. The molecule has 105 heavy (non-hydrogen) atoms. The van der Waals surface area contributed by atoms with Crippen LogP contribution < -0.4 is 16.0 Å². The fraction of sp³-hybridized carbons (Fsp3) is 0.688. The first-order chi connectivity index (χ1) is 49.6. The van der Waals surface area contributed by atoms with E-state index in [4.69, 9.17) is 11.6 Å². The van der Waals surface area contributed by atoms with Crippen LogP contribution in [0.5, 0.6) is 0 Å². The second kappa shape index (κ2) is 38.1. The van der Waals surface area contributed by atoms with Gasteiger partial charge in [0.2, 0.25) is 70.9 Å². The average molecular weight is 1490 g/mol. The Labute approximate surface area is 622 Å². The maximum absolute atomic E-state index is 15.9. The van der Waals surface area contributed by atoms with Gasteiger partial charge < -0.3 is 60.0 Å². The highest BCUT2D eigenvalue weighted by atomic mass is 35.5. The standard InChI is InChI=1S/C77H114ClF3N12O12/c1-13-50(4)66-73(103)87(7)47-64(96)85(5)48-65(97)89(9)60(44-52-29-19-15-20-30-52)71(101)86(6)46-62(94)82-57(36-34-53-33-35-55(56(78)42-53)77(79,80)81)70(100)90(10)59(43-51-27-17-14-18-28-51)69(99)84-76(37-23-24-38-76)75(105)92(12)67(54-31-21-22-32-54)74(104)91(11)61(72(102)93-39-25-16-26-40-93)45-63(95)88(8)58(41-49(2)3)68(98)83-66/h14,17-18,27-28,33,35,42,49-50,52,54,57-61,66-67H,13,15-16,19-26,29-32,34,36-41,43-48H2,1-12H3,(H,82,94)(H,83,98)(H,84,99)/t50-,57-,58-,59+,60-,61-,66-,67-/m0/s1. The molecular formula is C77H114ClF3N12O12. The minimum atomic E-state index is -4.78. The smallest absolute Gasteiger partial charge is 0.343 e. The maximum atomic E-state index is 15.9. The molecule has 2 aliphatic heterocycles. The summed E-state index contributed by atoms with van der Waals surface area (Å²) < 4.78 is 41.9. The maximum Gasteiger partial charge on any atom is 0.417 e. The third kappa shape index (κ3) is 21.9.